The summed E-state index contributed by atoms with van der Waals surface area (Å²) in [7, 11) is -2.01. The molecule has 1 aliphatic rings. The van der Waals surface area contributed by atoms with Crippen LogP contribution in [0, 0.1) is 13.8 Å². The Labute approximate surface area is 115 Å². The Morgan fingerprint density at radius 3 is 2.42 bits per heavy atom. The van der Waals surface area contributed by atoms with E-state index in [9.17, 15) is 8.42 Å². The predicted molar refractivity (Wildman–Crippen MR) is 75.0 cm³/mol. The summed E-state index contributed by atoms with van der Waals surface area (Å²) in [5, 5.41) is 0. The van der Waals surface area contributed by atoms with Gasteiger partial charge in [0.2, 0.25) is 10.0 Å². The van der Waals surface area contributed by atoms with Crippen molar-refractivity contribution in [3.05, 3.63) is 23.3 Å². The van der Waals surface area contributed by atoms with E-state index in [1.54, 1.807) is 13.0 Å². The number of rotatable bonds is 4. The Bertz CT molecular complexity index is 560. The van der Waals surface area contributed by atoms with Crippen molar-refractivity contribution in [2.75, 3.05) is 7.11 Å². The van der Waals surface area contributed by atoms with E-state index in [-0.39, 0.29) is 10.9 Å². The number of sulfonamides is 1. The van der Waals surface area contributed by atoms with Crippen LogP contribution in [-0.2, 0) is 10.0 Å². The van der Waals surface area contributed by atoms with Crippen LogP contribution in [0.3, 0.4) is 0 Å². The lowest BCUT2D eigenvalue weighted by atomic mass is 10.1. The highest BCUT2D eigenvalue weighted by molar-refractivity contribution is 7.89. The van der Waals surface area contributed by atoms with Gasteiger partial charge in [-0.15, -0.1) is 0 Å². The van der Waals surface area contributed by atoms with Gasteiger partial charge in [-0.1, -0.05) is 18.9 Å². The van der Waals surface area contributed by atoms with E-state index in [1.807, 2.05) is 13.0 Å². The van der Waals surface area contributed by atoms with Crippen LogP contribution in [-0.4, -0.2) is 21.6 Å². The minimum atomic E-state index is -3.51. The summed E-state index contributed by atoms with van der Waals surface area (Å²) < 4.78 is 33.1. The van der Waals surface area contributed by atoms with Crippen LogP contribution in [0.4, 0.5) is 0 Å². The fourth-order valence-corrected chi connectivity index (χ4v) is 4.42. The summed E-state index contributed by atoms with van der Waals surface area (Å²) in [6, 6.07) is 3.69. The summed E-state index contributed by atoms with van der Waals surface area (Å²) >= 11 is 0. The summed E-state index contributed by atoms with van der Waals surface area (Å²) in [6.45, 7) is 3.73. The molecule has 0 bridgehead atoms. The Balaban J connectivity index is 2.39. The molecule has 4 nitrogen and oxygen atoms in total. The van der Waals surface area contributed by atoms with Gasteiger partial charge in [0.15, 0.2) is 0 Å². The van der Waals surface area contributed by atoms with Crippen molar-refractivity contribution in [2.24, 2.45) is 0 Å². The number of benzene rings is 1. The van der Waals surface area contributed by atoms with Gasteiger partial charge in [0.1, 0.15) is 10.6 Å². The molecule has 106 valence electrons. The van der Waals surface area contributed by atoms with Crippen LogP contribution in [0.25, 0.3) is 0 Å². The van der Waals surface area contributed by atoms with Crippen molar-refractivity contribution < 1.29 is 13.2 Å². The molecule has 1 fully saturated rings. The first-order valence-corrected chi connectivity index (χ1v) is 8.10. The Morgan fingerprint density at radius 1 is 1.21 bits per heavy atom. The topological polar surface area (TPSA) is 55.4 Å². The third-order valence-corrected chi connectivity index (χ3v) is 5.25. The number of hydrogen-bond acceptors (Lipinski definition) is 3. The van der Waals surface area contributed by atoms with E-state index in [0.717, 1.165) is 36.8 Å². The fraction of sp³-hybridized carbons (Fsp3) is 0.571. The maximum atomic E-state index is 12.5. The van der Waals surface area contributed by atoms with Crippen LogP contribution < -0.4 is 9.46 Å². The smallest absolute Gasteiger partial charge is 0.244 e. The molecule has 0 atom stereocenters. The molecule has 0 heterocycles. The highest BCUT2D eigenvalue weighted by atomic mass is 32.2. The lowest BCUT2D eigenvalue weighted by molar-refractivity contribution is 0.401. The minimum absolute atomic E-state index is 0.0652. The van der Waals surface area contributed by atoms with Crippen molar-refractivity contribution >= 4 is 10.0 Å². The molecule has 1 aliphatic carbocycles. The summed E-state index contributed by atoms with van der Waals surface area (Å²) in [6.07, 6.45) is 4.04. The van der Waals surface area contributed by atoms with E-state index >= 15 is 0 Å². The summed E-state index contributed by atoms with van der Waals surface area (Å²) in [5.74, 6) is 0.419. The van der Waals surface area contributed by atoms with E-state index in [2.05, 4.69) is 4.72 Å². The molecule has 5 heteroatoms. The standard InChI is InChI=1S/C14H21NO3S/c1-10-8-11(2)14(13(9-10)18-3)19(16,17)15-12-6-4-5-7-12/h8-9,12,15H,4-7H2,1-3H3. The number of nitrogens with one attached hydrogen (secondary N) is 1. The normalized spacial score (nSPS) is 16.8. The van der Waals surface area contributed by atoms with Crippen LogP contribution in [0.15, 0.2) is 17.0 Å². The molecule has 0 aliphatic heterocycles. The van der Waals surface area contributed by atoms with Gasteiger partial charge in [-0.25, -0.2) is 13.1 Å². The molecule has 0 unspecified atom stereocenters. The second-order valence-corrected chi connectivity index (χ2v) is 6.87. The van der Waals surface area contributed by atoms with Crippen molar-refractivity contribution in [1.82, 2.24) is 4.72 Å². The van der Waals surface area contributed by atoms with Crippen LogP contribution >= 0.6 is 0 Å². The van der Waals surface area contributed by atoms with Crippen LogP contribution in [0.1, 0.15) is 36.8 Å². The number of aryl methyl sites for hydroxylation is 2. The molecule has 0 amide bonds. The van der Waals surface area contributed by atoms with Gasteiger partial charge in [-0.05, 0) is 43.9 Å². The molecule has 0 spiro atoms. The molecule has 1 saturated carbocycles. The molecular weight excluding hydrogens is 262 g/mol. The van der Waals surface area contributed by atoms with Crippen molar-refractivity contribution in [3.8, 4) is 5.75 Å². The van der Waals surface area contributed by atoms with Gasteiger partial charge < -0.3 is 4.74 Å². The third-order valence-electron chi connectivity index (χ3n) is 3.55. The van der Waals surface area contributed by atoms with Gasteiger partial charge in [-0.3, -0.25) is 0 Å². The highest BCUT2D eigenvalue weighted by Gasteiger charge is 2.27. The second kappa shape index (κ2) is 5.51. The molecule has 1 N–H and O–H groups in total. The first-order chi connectivity index (χ1) is 8.94. The molecule has 19 heavy (non-hydrogen) atoms. The quantitative estimate of drug-likeness (QED) is 0.924. The third kappa shape index (κ3) is 3.09. The molecule has 0 saturated heterocycles. The summed E-state index contributed by atoms with van der Waals surface area (Å²) in [4.78, 5) is 0.271. The Kier molecular flexibility index (Phi) is 4.16. The van der Waals surface area contributed by atoms with E-state index < -0.39 is 10.0 Å². The van der Waals surface area contributed by atoms with Gasteiger partial charge in [-0.2, -0.15) is 0 Å². The average molecular weight is 283 g/mol. The monoisotopic (exact) mass is 283 g/mol. The fourth-order valence-electron chi connectivity index (χ4n) is 2.73. The van der Waals surface area contributed by atoms with Crippen molar-refractivity contribution in [1.29, 1.82) is 0 Å². The second-order valence-electron chi connectivity index (χ2n) is 5.22. The van der Waals surface area contributed by atoms with Crippen molar-refractivity contribution in [2.45, 2.75) is 50.5 Å². The zero-order valence-corrected chi connectivity index (χ0v) is 12.5. The first kappa shape index (κ1) is 14.3. The molecule has 1 aromatic rings. The van der Waals surface area contributed by atoms with Gasteiger partial charge in [0.05, 0.1) is 7.11 Å². The van der Waals surface area contributed by atoms with Crippen LogP contribution in [0.5, 0.6) is 5.75 Å². The minimum Gasteiger partial charge on any atom is -0.495 e. The van der Waals surface area contributed by atoms with E-state index in [0.29, 0.717) is 5.75 Å². The SMILES string of the molecule is COc1cc(C)cc(C)c1S(=O)(=O)NC1CCCC1. The highest BCUT2D eigenvalue weighted by Crippen LogP contribution is 2.30. The molecule has 2 rings (SSSR count). The van der Waals surface area contributed by atoms with Gasteiger partial charge in [0.25, 0.3) is 0 Å². The molecular formula is C14H21NO3S. The van der Waals surface area contributed by atoms with Crippen molar-refractivity contribution in [3.63, 3.8) is 0 Å². The number of methoxy groups -OCH3 is 1. The predicted octanol–water partition coefficient (Wildman–Crippen LogP) is 2.53. The molecule has 1 aromatic carbocycles. The van der Waals surface area contributed by atoms with Gasteiger partial charge >= 0.3 is 0 Å². The maximum absolute atomic E-state index is 12.5. The first-order valence-electron chi connectivity index (χ1n) is 6.61. The zero-order chi connectivity index (χ0) is 14.0. The lowest BCUT2D eigenvalue weighted by Crippen LogP contribution is -2.33. The maximum Gasteiger partial charge on any atom is 0.244 e. The lowest BCUT2D eigenvalue weighted by Gasteiger charge is -2.17. The van der Waals surface area contributed by atoms with Gasteiger partial charge in [0, 0.05) is 6.04 Å². The Hall–Kier alpha value is -1.07. The zero-order valence-electron chi connectivity index (χ0n) is 11.7. The summed E-state index contributed by atoms with van der Waals surface area (Å²) in [5.41, 5.74) is 1.72. The van der Waals surface area contributed by atoms with E-state index in [1.165, 1.54) is 7.11 Å². The molecule has 0 aromatic heterocycles. The number of ether oxygens (including phenoxy) is 1. The number of hydrogen-bond donors (Lipinski definition) is 1. The van der Waals surface area contributed by atoms with E-state index in [4.69, 9.17) is 4.74 Å². The van der Waals surface area contributed by atoms with Crippen LogP contribution in [0.2, 0.25) is 0 Å². The Morgan fingerprint density at radius 2 is 1.84 bits per heavy atom. The largest absolute Gasteiger partial charge is 0.495 e. The average Bonchev–Trinajstić information content (AvgIpc) is 2.79. The molecule has 0 radical (unpaired) electrons.